The van der Waals surface area contributed by atoms with Crippen molar-refractivity contribution in [3.8, 4) is 12.3 Å². The molecule has 0 unspecified atom stereocenters. The quantitative estimate of drug-likeness (QED) is 0.660. The zero-order valence-electron chi connectivity index (χ0n) is 10.1. The van der Waals surface area contributed by atoms with Crippen molar-refractivity contribution in [1.82, 2.24) is 0 Å². The molecule has 0 bridgehead atoms. The fraction of sp³-hybridized carbons (Fsp3) is 0.429. The van der Waals surface area contributed by atoms with E-state index in [1.165, 1.54) is 12.5 Å². The van der Waals surface area contributed by atoms with Gasteiger partial charge in [-0.1, -0.05) is 37.3 Å². The molecule has 0 amide bonds. The van der Waals surface area contributed by atoms with E-state index in [1.807, 2.05) is 6.07 Å². The molecular weight excluding hydrogens is 248 g/mol. The lowest BCUT2D eigenvalue weighted by Crippen LogP contribution is -2.10. The van der Waals surface area contributed by atoms with Crippen LogP contribution in [0.3, 0.4) is 0 Å². The van der Waals surface area contributed by atoms with Gasteiger partial charge < -0.3 is 0 Å². The molecule has 18 heavy (non-hydrogen) atoms. The van der Waals surface area contributed by atoms with Crippen LogP contribution in [0, 0.1) is 12.3 Å². The Bertz CT molecular complexity index is 576. The van der Waals surface area contributed by atoms with Crippen molar-refractivity contribution >= 4 is 10.1 Å². The Hall–Kier alpha value is -1.31. The molecule has 1 N–H and O–H groups in total. The number of rotatable bonds is 2. The van der Waals surface area contributed by atoms with Gasteiger partial charge in [-0.2, -0.15) is 8.42 Å². The van der Waals surface area contributed by atoms with Gasteiger partial charge in [0.15, 0.2) is 0 Å². The minimum Gasteiger partial charge on any atom is -0.282 e. The molecule has 1 aliphatic carbocycles. The van der Waals surface area contributed by atoms with Gasteiger partial charge in [-0.3, -0.25) is 4.55 Å². The molecule has 4 heteroatoms. The van der Waals surface area contributed by atoms with E-state index in [-0.39, 0.29) is 4.90 Å². The molecule has 2 rings (SSSR count). The van der Waals surface area contributed by atoms with Crippen LogP contribution in [0.1, 0.15) is 49.1 Å². The topological polar surface area (TPSA) is 54.4 Å². The standard InChI is InChI=1S/C14H16O3S/c1-2-12-13(11-7-4-3-5-8-11)9-6-10-14(12)18(15,16)17/h1,6,9-11H,3-5,7-8H2,(H,15,16,17). The molecule has 96 valence electrons. The van der Waals surface area contributed by atoms with Crippen molar-refractivity contribution in [3.05, 3.63) is 29.3 Å². The number of hydrogen-bond donors (Lipinski definition) is 1. The third-order valence-electron chi connectivity index (χ3n) is 3.53. The van der Waals surface area contributed by atoms with E-state index < -0.39 is 10.1 Å². The van der Waals surface area contributed by atoms with Crippen LogP contribution >= 0.6 is 0 Å². The lowest BCUT2D eigenvalue weighted by Gasteiger charge is -2.23. The third-order valence-corrected chi connectivity index (χ3v) is 4.42. The van der Waals surface area contributed by atoms with Crippen molar-refractivity contribution in [2.24, 2.45) is 0 Å². The largest absolute Gasteiger partial charge is 0.295 e. The van der Waals surface area contributed by atoms with Crippen LogP contribution in [0.25, 0.3) is 0 Å². The van der Waals surface area contributed by atoms with Crippen LogP contribution < -0.4 is 0 Å². The average molecular weight is 264 g/mol. The maximum atomic E-state index is 11.3. The summed E-state index contributed by atoms with van der Waals surface area (Å²) in [5.74, 6) is 2.74. The van der Waals surface area contributed by atoms with Crippen molar-refractivity contribution in [3.63, 3.8) is 0 Å². The van der Waals surface area contributed by atoms with Crippen molar-refractivity contribution in [1.29, 1.82) is 0 Å². The molecule has 1 aromatic rings. The van der Waals surface area contributed by atoms with E-state index in [0.717, 1.165) is 31.2 Å². The summed E-state index contributed by atoms with van der Waals surface area (Å²) in [7, 11) is -4.25. The van der Waals surface area contributed by atoms with E-state index in [0.29, 0.717) is 11.5 Å². The predicted octanol–water partition coefficient (Wildman–Crippen LogP) is 2.96. The first-order valence-corrected chi connectivity index (χ1v) is 7.55. The molecule has 0 atom stereocenters. The van der Waals surface area contributed by atoms with Crippen LogP contribution in [0.4, 0.5) is 0 Å². The highest BCUT2D eigenvalue weighted by Gasteiger charge is 2.23. The summed E-state index contributed by atoms with van der Waals surface area (Å²) in [5, 5.41) is 0. The van der Waals surface area contributed by atoms with Gasteiger partial charge in [-0.05, 0) is 30.4 Å². The highest BCUT2D eigenvalue weighted by atomic mass is 32.2. The first-order chi connectivity index (χ1) is 8.54. The first-order valence-electron chi connectivity index (χ1n) is 6.11. The Kier molecular flexibility index (Phi) is 3.74. The predicted molar refractivity (Wildman–Crippen MR) is 70.0 cm³/mol. The Morgan fingerprint density at radius 1 is 1.22 bits per heavy atom. The van der Waals surface area contributed by atoms with Gasteiger partial charge in [0.05, 0.1) is 0 Å². The Labute approximate surface area is 108 Å². The van der Waals surface area contributed by atoms with Gasteiger partial charge in [0, 0.05) is 5.56 Å². The smallest absolute Gasteiger partial charge is 0.282 e. The highest BCUT2D eigenvalue weighted by Crippen LogP contribution is 2.35. The Morgan fingerprint density at radius 2 is 1.89 bits per heavy atom. The molecule has 1 aromatic carbocycles. The molecule has 0 saturated heterocycles. The van der Waals surface area contributed by atoms with Gasteiger partial charge in [-0.25, -0.2) is 0 Å². The van der Waals surface area contributed by atoms with Crippen molar-refractivity contribution < 1.29 is 13.0 Å². The van der Waals surface area contributed by atoms with Crippen LogP contribution in [-0.4, -0.2) is 13.0 Å². The zero-order chi connectivity index (χ0) is 13.2. The zero-order valence-corrected chi connectivity index (χ0v) is 10.9. The molecule has 0 aliphatic heterocycles. The van der Waals surface area contributed by atoms with Crippen LogP contribution in [-0.2, 0) is 10.1 Å². The van der Waals surface area contributed by atoms with E-state index in [1.54, 1.807) is 6.07 Å². The maximum Gasteiger partial charge on any atom is 0.295 e. The summed E-state index contributed by atoms with van der Waals surface area (Å²) in [6.45, 7) is 0. The van der Waals surface area contributed by atoms with E-state index in [2.05, 4.69) is 5.92 Å². The monoisotopic (exact) mass is 264 g/mol. The Balaban J connectivity index is 2.52. The molecule has 3 nitrogen and oxygen atoms in total. The van der Waals surface area contributed by atoms with Crippen LogP contribution in [0.5, 0.6) is 0 Å². The minimum atomic E-state index is -4.25. The fourth-order valence-electron chi connectivity index (χ4n) is 2.67. The summed E-state index contributed by atoms with van der Waals surface area (Å²) in [4.78, 5) is -0.145. The second-order valence-electron chi connectivity index (χ2n) is 4.67. The van der Waals surface area contributed by atoms with Crippen LogP contribution in [0.15, 0.2) is 23.1 Å². The van der Waals surface area contributed by atoms with Crippen LogP contribution in [0.2, 0.25) is 0 Å². The summed E-state index contributed by atoms with van der Waals surface area (Å²) < 4.78 is 31.8. The Morgan fingerprint density at radius 3 is 2.44 bits per heavy atom. The SMILES string of the molecule is C#Cc1c(C2CCCCC2)cccc1S(=O)(=O)O. The minimum absolute atomic E-state index is 0.145. The van der Waals surface area contributed by atoms with E-state index in [4.69, 9.17) is 6.42 Å². The number of benzene rings is 1. The second-order valence-corrected chi connectivity index (χ2v) is 6.06. The average Bonchev–Trinajstić information content (AvgIpc) is 2.37. The van der Waals surface area contributed by atoms with Gasteiger partial charge in [0.2, 0.25) is 0 Å². The summed E-state index contributed by atoms with van der Waals surface area (Å²) in [6, 6.07) is 4.88. The number of hydrogen-bond acceptors (Lipinski definition) is 2. The third kappa shape index (κ3) is 2.58. The molecular formula is C14H16O3S. The first kappa shape index (κ1) is 13.1. The van der Waals surface area contributed by atoms with E-state index in [9.17, 15) is 13.0 Å². The normalized spacial score (nSPS) is 17.3. The molecule has 0 heterocycles. The summed E-state index contributed by atoms with van der Waals surface area (Å²) in [5.41, 5.74) is 1.21. The van der Waals surface area contributed by atoms with E-state index >= 15 is 0 Å². The van der Waals surface area contributed by atoms with Gasteiger partial charge in [-0.15, -0.1) is 6.42 Å². The molecule has 1 saturated carbocycles. The molecule has 0 radical (unpaired) electrons. The number of terminal acetylenes is 1. The van der Waals surface area contributed by atoms with Crippen molar-refractivity contribution in [2.45, 2.75) is 42.9 Å². The van der Waals surface area contributed by atoms with Gasteiger partial charge in [0.25, 0.3) is 10.1 Å². The van der Waals surface area contributed by atoms with Gasteiger partial charge >= 0.3 is 0 Å². The summed E-state index contributed by atoms with van der Waals surface area (Å²) in [6.07, 6.45) is 11.0. The van der Waals surface area contributed by atoms with Crippen molar-refractivity contribution in [2.75, 3.05) is 0 Å². The molecule has 0 spiro atoms. The molecule has 1 aliphatic rings. The highest BCUT2D eigenvalue weighted by molar-refractivity contribution is 7.85. The maximum absolute atomic E-state index is 11.3. The summed E-state index contributed by atoms with van der Waals surface area (Å²) >= 11 is 0. The lowest BCUT2D eigenvalue weighted by atomic mass is 9.82. The molecule has 1 fully saturated rings. The van der Waals surface area contributed by atoms with Gasteiger partial charge in [0.1, 0.15) is 4.90 Å². The fourth-order valence-corrected chi connectivity index (χ4v) is 3.36. The second kappa shape index (κ2) is 5.13. The molecule has 0 aromatic heterocycles. The lowest BCUT2D eigenvalue weighted by molar-refractivity contribution is 0.442.